The highest BCUT2D eigenvalue weighted by Gasteiger charge is 2.30. The second kappa shape index (κ2) is 10.4. The van der Waals surface area contributed by atoms with Gasteiger partial charge in [-0.1, -0.05) is 12.1 Å². The van der Waals surface area contributed by atoms with Crippen LogP contribution in [0.15, 0.2) is 60.0 Å². The van der Waals surface area contributed by atoms with Crippen molar-refractivity contribution < 1.29 is 17.4 Å². The van der Waals surface area contributed by atoms with Crippen LogP contribution in [0.1, 0.15) is 24.1 Å². The molecule has 10 heteroatoms. The number of halogens is 3. The van der Waals surface area contributed by atoms with Crippen molar-refractivity contribution in [2.45, 2.75) is 38.1 Å². The normalized spacial score (nSPS) is 19.7. The number of benzene rings is 1. The summed E-state index contributed by atoms with van der Waals surface area (Å²) in [4.78, 5) is 8.41. The molecule has 3 heterocycles. The van der Waals surface area contributed by atoms with Crippen LogP contribution in [-0.4, -0.2) is 43.7 Å². The van der Waals surface area contributed by atoms with Crippen LogP contribution in [0.2, 0.25) is 0 Å². The van der Waals surface area contributed by atoms with Crippen molar-refractivity contribution in [2.24, 2.45) is 10.7 Å². The summed E-state index contributed by atoms with van der Waals surface area (Å²) in [5.41, 5.74) is 8.65. The third-order valence-corrected chi connectivity index (χ3v) is 7.12. The zero-order chi connectivity index (χ0) is 24.1. The predicted octanol–water partition coefficient (Wildman–Crippen LogP) is 4.49. The second-order valence-electron chi connectivity index (χ2n) is 8.19. The van der Waals surface area contributed by atoms with Gasteiger partial charge in [-0.2, -0.15) is 13.2 Å². The first-order valence-corrected chi connectivity index (χ1v) is 12.4. The highest BCUT2D eigenvalue weighted by atomic mass is 32.2. The Hall–Kier alpha value is -3.14. The number of anilines is 1. The first-order valence-electron chi connectivity index (χ1n) is 11.0. The highest BCUT2D eigenvalue weighted by Crippen LogP contribution is 2.33. The molecule has 0 saturated carbocycles. The number of nitrogens with two attached hydrogens (primary N) is 1. The number of aliphatic imine (C=N–C) groups is 1. The SMILES string of the molecule is N/C=C(\C=NCc1cccnc1)c1cc2c(NC3CCS(=O)CC3)cccc2n1CC(F)(F)F. The van der Waals surface area contributed by atoms with Crippen molar-refractivity contribution in [3.63, 3.8) is 0 Å². The molecule has 0 radical (unpaired) electrons. The van der Waals surface area contributed by atoms with Gasteiger partial charge in [-0.05, 0) is 42.7 Å². The first-order chi connectivity index (χ1) is 16.3. The fourth-order valence-electron chi connectivity index (χ4n) is 4.09. The summed E-state index contributed by atoms with van der Waals surface area (Å²) in [5, 5.41) is 4.12. The molecule has 1 fully saturated rings. The van der Waals surface area contributed by atoms with Crippen LogP contribution in [0.4, 0.5) is 18.9 Å². The Labute approximate surface area is 198 Å². The van der Waals surface area contributed by atoms with Crippen LogP contribution < -0.4 is 11.1 Å². The van der Waals surface area contributed by atoms with Crippen molar-refractivity contribution >= 4 is 39.2 Å². The number of allylic oxidation sites excluding steroid dienone is 1. The van der Waals surface area contributed by atoms with E-state index in [2.05, 4.69) is 15.3 Å². The lowest BCUT2D eigenvalue weighted by molar-refractivity contribution is -0.140. The van der Waals surface area contributed by atoms with E-state index < -0.39 is 23.5 Å². The number of hydrogen-bond donors (Lipinski definition) is 2. The van der Waals surface area contributed by atoms with E-state index in [0.29, 0.717) is 40.2 Å². The fourth-order valence-corrected chi connectivity index (χ4v) is 5.39. The molecular formula is C24H26F3N5OS. The number of hydrogen-bond acceptors (Lipinski definition) is 5. The molecule has 2 aromatic heterocycles. The zero-order valence-electron chi connectivity index (χ0n) is 18.5. The van der Waals surface area contributed by atoms with E-state index in [1.54, 1.807) is 36.7 Å². The molecule has 180 valence electrons. The topological polar surface area (TPSA) is 85.3 Å². The van der Waals surface area contributed by atoms with Gasteiger partial charge in [0.15, 0.2) is 0 Å². The van der Waals surface area contributed by atoms with Crippen LogP contribution in [-0.2, 0) is 23.9 Å². The number of nitrogens with one attached hydrogen (secondary N) is 1. The summed E-state index contributed by atoms with van der Waals surface area (Å²) in [6.07, 6.45) is 3.22. The third-order valence-electron chi connectivity index (χ3n) is 5.73. The summed E-state index contributed by atoms with van der Waals surface area (Å²) < 4.78 is 53.5. The van der Waals surface area contributed by atoms with Crippen molar-refractivity contribution in [3.8, 4) is 0 Å². The standard InChI is InChI=1S/C24H26F3N5OS/c25-24(26,27)16-32-22-5-1-4-21(31-19-6-9-34(33)10-7-19)20(22)11-23(32)18(12-28)15-30-14-17-3-2-8-29-13-17/h1-5,8,11-13,15,19,31H,6-7,9-10,14,16,28H2/b18-12+,30-15?. The van der Waals surface area contributed by atoms with E-state index in [0.717, 1.165) is 24.1 Å². The Morgan fingerprint density at radius 1 is 1.26 bits per heavy atom. The van der Waals surface area contributed by atoms with Crippen LogP contribution in [0.5, 0.6) is 0 Å². The minimum Gasteiger partial charge on any atom is -0.404 e. The van der Waals surface area contributed by atoms with E-state index in [1.807, 2.05) is 12.1 Å². The van der Waals surface area contributed by atoms with Crippen LogP contribution >= 0.6 is 0 Å². The molecule has 6 nitrogen and oxygen atoms in total. The molecule has 1 aromatic carbocycles. The van der Waals surface area contributed by atoms with E-state index in [9.17, 15) is 17.4 Å². The van der Waals surface area contributed by atoms with Crippen molar-refractivity contribution in [2.75, 3.05) is 16.8 Å². The van der Waals surface area contributed by atoms with Crippen LogP contribution in [0, 0.1) is 0 Å². The van der Waals surface area contributed by atoms with Gasteiger partial charge >= 0.3 is 6.18 Å². The van der Waals surface area contributed by atoms with Crippen molar-refractivity contribution in [3.05, 3.63) is 66.2 Å². The molecule has 0 amide bonds. The Balaban J connectivity index is 1.69. The van der Waals surface area contributed by atoms with Gasteiger partial charge in [0.25, 0.3) is 0 Å². The number of pyridine rings is 1. The molecule has 1 saturated heterocycles. The lowest BCUT2D eigenvalue weighted by atomic mass is 10.1. The molecule has 0 atom stereocenters. The minimum absolute atomic E-state index is 0.128. The molecule has 0 unspecified atom stereocenters. The van der Waals surface area contributed by atoms with Gasteiger partial charge in [-0.15, -0.1) is 0 Å². The second-order valence-corrected chi connectivity index (χ2v) is 9.89. The molecule has 0 aliphatic carbocycles. The van der Waals surface area contributed by atoms with Gasteiger partial charge in [-0.25, -0.2) is 0 Å². The molecule has 3 aromatic rings. The quantitative estimate of drug-likeness (QED) is 0.479. The summed E-state index contributed by atoms with van der Waals surface area (Å²) in [5.74, 6) is 1.25. The highest BCUT2D eigenvalue weighted by molar-refractivity contribution is 7.85. The largest absolute Gasteiger partial charge is 0.406 e. The molecule has 1 aliphatic heterocycles. The molecule has 0 spiro atoms. The number of nitrogens with zero attached hydrogens (tertiary/aromatic N) is 3. The van der Waals surface area contributed by atoms with Crippen molar-refractivity contribution in [1.29, 1.82) is 0 Å². The molecule has 3 N–H and O–H groups in total. The maximum atomic E-state index is 13.5. The Morgan fingerprint density at radius 3 is 2.74 bits per heavy atom. The van der Waals surface area contributed by atoms with Gasteiger partial charge in [-0.3, -0.25) is 14.2 Å². The van der Waals surface area contributed by atoms with Gasteiger partial charge in [0.2, 0.25) is 0 Å². The minimum atomic E-state index is -4.41. The van der Waals surface area contributed by atoms with E-state index in [1.165, 1.54) is 17.0 Å². The molecule has 4 rings (SSSR count). The van der Waals surface area contributed by atoms with Gasteiger partial charge in [0.05, 0.1) is 17.8 Å². The number of alkyl halides is 3. The fraction of sp³-hybridized carbons (Fsp3) is 0.333. The monoisotopic (exact) mass is 489 g/mol. The van der Waals surface area contributed by atoms with Crippen molar-refractivity contribution in [1.82, 2.24) is 9.55 Å². The smallest absolute Gasteiger partial charge is 0.404 e. The third kappa shape index (κ3) is 5.85. The van der Waals surface area contributed by atoms with E-state index in [-0.39, 0.29) is 6.04 Å². The molecule has 34 heavy (non-hydrogen) atoms. The summed E-state index contributed by atoms with van der Waals surface area (Å²) in [7, 11) is -0.791. The number of fused-ring (bicyclic) bond motifs is 1. The lowest BCUT2D eigenvalue weighted by Gasteiger charge is -2.24. The zero-order valence-corrected chi connectivity index (χ0v) is 19.3. The van der Waals surface area contributed by atoms with Gasteiger partial charge in [0.1, 0.15) is 6.54 Å². The molecule has 1 aliphatic rings. The predicted molar refractivity (Wildman–Crippen MR) is 131 cm³/mol. The van der Waals surface area contributed by atoms with Gasteiger partial charge in [0, 0.05) is 69.8 Å². The number of aromatic nitrogens is 2. The molecular weight excluding hydrogens is 463 g/mol. The summed E-state index contributed by atoms with van der Waals surface area (Å²) >= 11 is 0. The van der Waals surface area contributed by atoms with E-state index >= 15 is 0 Å². The lowest BCUT2D eigenvalue weighted by Crippen LogP contribution is -2.29. The molecule has 0 bridgehead atoms. The van der Waals surface area contributed by atoms with E-state index in [4.69, 9.17) is 5.73 Å². The van der Waals surface area contributed by atoms with Gasteiger partial charge < -0.3 is 15.6 Å². The maximum absolute atomic E-state index is 13.5. The average Bonchev–Trinajstić information content (AvgIpc) is 3.16. The Kier molecular flexibility index (Phi) is 7.35. The Bertz CT molecular complexity index is 1210. The maximum Gasteiger partial charge on any atom is 0.406 e. The summed E-state index contributed by atoms with van der Waals surface area (Å²) in [6.45, 7) is -0.813. The number of rotatable bonds is 7. The van der Waals surface area contributed by atoms with Crippen LogP contribution in [0.25, 0.3) is 16.5 Å². The first kappa shape index (κ1) is 24.0. The average molecular weight is 490 g/mol. The van der Waals surface area contributed by atoms with Crippen LogP contribution in [0.3, 0.4) is 0 Å². The Morgan fingerprint density at radius 2 is 2.06 bits per heavy atom. The summed E-state index contributed by atoms with van der Waals surface area (Å²) in [6, 6.07) is 10.8.